The number of alkyl halides is 2. The van der Waals surface area contributed by atoms with Gasteiger partial charge in [-0.1, -0.05) is 0 Å². The van der Waals surface area contributed by atoms with Crippen molar-refractivity contribution in [3.63, 3.8) is 0 Å². The maximum Gasteiger partial charge on any atom is 0.272 e. The van der Waals surface area contributed by atoms with Crippen LogP contribution in [-0.2, 0) is 0 Å². The van der Waals surface area contributed by atoms with Crippen LogP contribution in [0.2, 0.25) is 0 Å². The van der Waals surface area contributed by atoms with Gasteiger partial charge in [-0.2, -0.15) is 0 Å². The van der Waals surface area contributed by atoms with Crippen molar-refractivity contribution in [3.8, 4) is 11.5 Å². The third kappa shape index (κ3) is 2.06. The standard InChI is InChI=1S/C10H8F2O3/c11-10(12)5-14-6-1-2-7-8(13)4-15-9(7)3-6/h1-3,10H,4-5H2. The molecule has 0 fully saturated rings. The first kappa shape index (κ1) is 9.89. The van der Waals surface area contributed by atoms with E-state index in [1.54, 1.807) is 0 Å². The molecule has 0 spiro atoms. The fraction of sp³-hybridized carbons (Fsp3) is 0.300. The van der Waals surface area contributed by atoms with E-state index in [0.29, 0.717) is 11.3 Å². The lowest BCUT2D eigenvalue weighted by molar-refractivity contribution is 0.0818. The Hall–Kier alpha value is -1.65. The number of hydrogen-bond donors (Lipinski definition) is 0. The highest BCUT2D eigenvalue weighted by molar-refractivity contribution is 6.02. The summed E-state index contributed by atoms with van der Waals surface area (Å²) in [4.78, 5) is 11.2. The Labute approximate surface area is 84.6 Å². The molecule has 80 valence electrons. The number of benzene rings is 1. The lowest BCUT2D eigenvalue weighted by Crippen LogP contribution is -2.06. The van der Waals surface area contributed by atoms with Gasteiger partial charge in [-0.15, -0.1) is 0 Å². The monoisotopic (exact) mass is 214 g/mol. The van der Waals surface area contributed by atoms with Crippen molar-refractivity contribution in [1.29, 1.82) is 0 Å². The number of carbonyl (C=O) groups is 1. The third-order valence-corrected chi connectivity index (χ3v) is 1.99. The zero-order valence-corrected chi connectivity index (χ0v) is 7.70. The van der Waals surface area contributed by atoms with Gasteiger partial charge in [0.25, 0.3) is 6.43 Å². The van der Waals surface area contributed by atoms with E-state index in [4.69, 9.17) is 9.47 Å². The van der Waals surface area contributed by atoms with E-state index in [2.05, 4.69) is 0 Å². The van der Waals surface area contributed by atoms with Crippen LogP contribution in [0.4, 0.5) is 8.78 Å². The average Bonchev–Trinajstić information content (AvgIpc) is 2.57. The summed E-state index contributed by atoms with van der Waals surface area (Å²) in [7, 11) is 0. The third-order valence-electron chi connectivity index (χ3n) is 1.99. The summed E-state index contributed by atoms with van der Waals surface area (Å²) in [5.74, 6) is 0.570. The number of ketones is 1. The molecule has 0 saturated heterocycles. The molecule has 0 amide bonds. The summed E-state index contributed by atoms with van der Waals surface area (Å²) in [5, 5.41) is 0. The predicted molar refractivity (Wildman–Crippen MR) is 47.8 cm³/mol. The van der Waals surface area contributed by atoms with Crippen LogP contribution < -0.4 is 9.47 Å². The Morgan fingerprint density at radius 1 is 1.47 bits per heavy atom. The van der Waals surface area contributed by atoms with E-state index in [1.165, 1.54) is 18.2 Å². The van der Waals surface area contributed by atoms with Crippen LogP contribution in [0, 0.1) is 0 Å². The number of carbonyl (C=O) groups excluding carboxylic acids is 1. The molecule has 0 radical (unpaired) electrons. The molecule has 0 N–H and O–H groups in total. The molecular weight excluding hydrogens is 206 g/mol. The van der Waals surface area contributed by atoms with Crippen molar-refractivity contribution < 1.29 is 23.0 Å². The molecule has 1 aromatic rings. The molecule has 15 heavy (non-hydrogen) atoms. The summed E-state index contributed by atoms with van der Waals surface area (Å²) >= 11 is 0. The highest BCUT2D eigenvalue weighted by Gasteiger charge is 2.21. The van der Waals surface area contributed by atoms with Gasteiger partial charge >= 0.3 is 0 Å². The second-order valence-electron chi connectivity index (χ2n) is 3.07. The molecule has 0 aliphatic carbocycles. The molecule has 0 bridgehead atoms. The largest absolute Gasteiger partial charge is 0.488 e. The number of ether oxygens (including phenoxy) is 2. The molecule has 0 aromatic heterocycles. The van der Waals surface area contributed by atoms with Gasteiger partial charge < -0.3 is 9.47 Å². The van der Waals surface area contributed by atoms with Gasteiger partial charge in [-0.05, 0) is 12.1 Å². The van der Waals surface area contributed by atoms with Crippen LogP contribution in [0.15, 0.2) is 18.2 Å². The molecule has 0 unspecified atom stereocenters. The zero-order valence-electron chi connectivity index (χ0n) is 7.70. The highest BCUT2D eigenvalue weighted by atomic mass is 19.3. The van der Waals surface area contributed by atoms with Gasteiger partial charge in [0.1, 0.15) is 18.1 Å². The minimum absolute atomic E-state index is 0.00757. The molecular formula is C10H8F2O3. The maximum absolute atomic E-state index is 11.8. The molecule has 1 aliphatic rings. The van der Waals surface area contributed by atoms with Crippen LogP contribution in [0.3, 0.4) is 0 Å². The molecule has 3 nitrogen and oxygen atoms in total. The van der Waals surface area contributed by atoms with Crippen molar-refractivity contribution in [2.24, 2.45) is 0 Å². The number of rotatable bonds is 3. The van der Waals surface area contributed by atoms with Crippen LogP contribution in [-0.4, -0.2) is 25.4 Å². The van der Waals surface area contributed by atoms with Crippen LogP contribution in [0.25, 0.3) is 0 Å². The highest BCUT2D eigenvalue weighted by Crippen LogP contribution is 2.29. The van der Waals surface area contributed by atoms with Crippen molar-refractivity contribution in [3.05, 3.63) is 23.8 Å². The summed E-state index contributed by atoms with van der Waals surface area (Å²) in [5.41, 5.74) is 0.472. The van der Waals surface area contributed by atoms with E-state index < -0.39 is 13.0 Å². The van der Waals surface area contributed by atoms with Gasteiger partial charge in [0, 0.05) is 6.07 Å². The minimum Gasteiger partial charge on any atom is -0.488 e. The first-order valence-electron chi connectivity index (χ1n) is 4.38. The average molecular weight is 214 g/mol. The molecule has 2 rings (SSSR count). The van der Waals surface area contributed by atoms with Gasteiger partial charge in [0.15, 0.2) is 6.61 Å². The molecule has 1 aromatic carbocycles. The van der Waals surface area contributed by atoms with Crippen LogP contribution in [0.5, 0.6) is 11.5 Å². The van der Waals surface area contributed by atoms with Crippen LogP contribution >= 0.6 is 0 Å². The Morgan fingerprint density at radius 3 is 3.00 bits per heavy atom. The lowest BCUT2D eigenvalue weighted by Gasteiger charge is -2.06. The predicted octanol–water partition coefficient (Wildman–Crippen LogP) is 1.91. The Kier molecular flexibility index (Phi) is 2.53. The fourth-order valence-corrected chi connectivity index (χ4v) is 1.32. The number of Topliss-reactive ketones (excluding diaryl/α,β-unsaturated/α-hetero) is 1. The van der Waals surface area contributed by atoms with Crippen molar-refractivity contribution >= 4 is 5.78 Å². The quantitative estimate of drug-likeness (QED) is 0.770. The normalized spacial score (nSPS) is 13.9. The van der Waals surface area contributed by atoms with E-state index in [9.17, 15) is 13.6 Å². The van der Waals surface area contributed by atoms with Crippen molar-refractivity contribution in [2.45, 2.75) is 6.43 Å². The Bertz CT molecular complexity index is 390. The van der Waals surface area contributed by atoms with E-state index >= 15 is 0 Å². The second kappa shape index (κ2) is 3.84. The number of fused-ring (bicyclic) bond motifs is 1. The van der Waals surface area contributed by atoms with Crippen molar-refractivity contribution in [1.82, 2.24) is 0 Å². The SMILES string of the molecule is O=C1COc2cc(OCC(F)F)ccc21. The maximum atomic E-state index is 11.8. The fourth-order valence-electron chi connectivity index (χ4n) is 1.32. The second-order valence-corrected chi connectivity index (χ2v) is 3.07. The zero-order chi connectivity index (χ0) is 10.8. The number of halogens is 2. The minimum atomic E-state index is -2.51. The van der Waals surface area contributed by atoms with E-state index in [-0.39, 0.29) is 18.1 Å². The Balaban J connectivity index is 2.13. The van der Waals surface area contributed by atoms with E-state index in [1.807, 2.05) is 0 Å². The van der Waals surface area contributed by atoms with Crippen molar-refractivity contribution in [2.75, 3.05) is 13.2 Å². The molecule has 0 saturated carbocycles. The van der Waals surface area contributed by atoms with E-state index in [0.717, 1.165) is 0 Å². The summed E-state index contributed by atoms with van der Waals surface area (Å²) in [6.45, 7) is -0.652. The summed E-state index contributed by atoms with van der Waals surface area (Å²) in [6.07, 6.45) is -2.51. The van der Waals surface area contributed by atoms with Gasteiger partial charge in [-0.3, -0.25) is 4.79 Å². The number of hydrogen-bond acceptors (Lipinski definition) is 3. The topological polar surface area (TPSA) is 35.5 Å². The van der Waals surface area contributed by atoms with Gasteiger partial charge in [0.2, 0.25) is 5.78 Å². The molecule has 5 heteroatoms. The summed E-state index contributed by atoms with van der Waals surface area (Å²) < 4.78 is 33.5. The Morgan fingerprint density at radius 2 is 2.27 bits per heavy atom. The first-order valence-corrected chi connectivity index (χ1v) is 4.38. The lowest BCUT2D eigenvalue weighted by atomic mass is 10.1. The molecule has 1 aliphatic heterocycles. The van der Waals surface area contributed by atoms with Crippen LogP contribution in [0.1, 0.15) is 10.4 Å². The first-order chi connectivity index (χ1) is 7.16. The van der Waals surface area contributed by atoms with Gasteiger partial charge in [0.05, 0.1) is 5.56 Å². The smallest absolute Gasteiger partial charge is 0.272 e. The van der Waals surface area contributed by atoms with Gasteiger partial charge in [-0.25, -0.2) is 8.78 Å². The molecule has 1 heterocycles. The summed E-state index contributed by atoms with van der Waals surface area (Å²) in [6, 6.07) is 4.45. The molecule has 0 atom stereocenters.